The Hall–Kier alpha value is -3.72. The second-order valence-electron chi connectivity index (χ2n) is 10.2. The maximum atomic E-state index is 12.3. The Bertz CT molecular complexity index is 1080. The van der Waals surface area contributed by atoms with Gasteiger partial charge in [-0.25, -0.2) is 14.8 Å². The molecule has 1 fully saturated rings. The van der Waals surface area contributed by atoms with Crippen LogP contribution < -0.4 is 21.3 Å². The van der Waals surface area contributed by atoms with Gasteiger partial charge in [-0.1, -0.05) is 18.9 Å². The first kappa shape index (κ1) is 33.5. The van der Waals surface area contributed by atoms with Crippen LogP contribution in [-0.4, -0.2) is 98.0 Å². The lowest BCUT2D eigenvalue weighted by atomic mass is 9.94. The van der Waals surface area contributed by atoms with Gasteiger partial charge < -0.3 is 40.5 Å². The van der Waals surface area contributed by atoms with Crippen LogP contribution in [0.3, 0.4) is 0 Å². The fourth-order valence-electron chi connectivity index (χ4n) is 4.36. The van der Waals surface area contributed by atoms with E-state index < -0.39 is 6.10 Å². The topological polar surface area (TPSA) is 138 Å². The molecular formula is C29H48N8O4. The standard InChI is InChI=1S/C29H48N8O4/c1-8-16-35(5)21(4)19-32-26-25(30)27(36(6)20-41-23(9-2)28(38)31-10-3)34-24(33-26)13-11-12-22-14-17-37(18-15-22)29(39)40-7/h8,16,21-23H,9-10,12,14-15,17-20,30H2,1-7H3,(H,31,38)(H,32,33,34)/b16-8-. The first-order valence-electron chi connectivity index (χ1n) is 14.3. The molecule has 0 spiro atoms. The maximum absolute atomic E-state index is 12.3. The molecule has 2 rings (SSSR count). The van der Waals surface area contributed by atoms with Gasteiger partial charge >= 0.3 is 6.09 Å². The summed E-state index contributed by atoms with van der Waals surface area (Å²) < 4.78 is 10.7. The molecule has 2 atom stereocenters. The second kappa shape index (κ2) is 17.2. The summed E-state index contributed by atoms with van der Waals surface area (Å²) in [5.74, 6) is 7.90. The highest BCUT2D eigenvalue weighted by Gasteiger charge is 2.23. The van der Waals surface area contributed by atoms with Crippen molar-refractivity contribution in [3.05, 3.63) is 18.1 Å². The van der Waals surface area contributed by atoms with E-state index >= 15 is 0 Å². The number of nitrogens with one attached hydrogen (secondary N) is 2. The molecule has 1 saturated heterocycles. The number of allylic oxidation sites excluding steroid dienone is 1. The van der Waals surface area contributed by atoms with Crippen molar-refractivity contribution in [2.45, 2.75) is 65.5 Å². The Morgan fingerprint density at radius 2 is 1.95 bits per heavy atom. The number of carbonyl (C=O) groups is 2. The van der Waals surface area contributed by atoms with Gasteiger partial charge in [0, 0.05) is 52.7 Å². The van der Waals surface area contributed by atoms with Crippen LogP contribution in [0, 0.1) is 17.8 Å². The summed E-state index contributed by atoms with van der Waals surface area (Å²) in [5, 5.41) is 6.16. The molecule has 2 unspecified atom stereocenters. The molecule has 0 saturated carbocycles. The monoisotopic (exact) mass is 572 g/mol. The summed E-state index contributed by atoms with van der Waals surface area (Å²) in [6, 6.07) is 0.179. The molecule has 1 aromatic rings. The number of likely N-dealkylation sites (N-methyl/N-ethyl adjacent to an activating group) is 2. The van der Waals surface area contributed by atoms with Crippen molar-refractivity contribution in [3.63, 3.8) is 0 Å². The van der Waals surface area contributed by atoms with Gasteiger partial charge in [0.25, 0.3) is 0 Å². The number of nitrogens with two attached hydrogens (primary N) is 1. The molecule has 12 heteroatoms. The van der Waals surface area contributed by atoms with E-state index in [2.05, 4.69) is 44.3 Å². The Labute approximate surface area is 245 Å². The number of ether oxygens (including phenoxy) is 2. The third-order valence-electron chi connectivity index (χ3n) is 7.05. The quantitative estimate of drug-likeness (QED) is 0.239. The summed E-state index contributed by atoms with van der Waals surface area (Å²) >= 11 is 0. The fourth-order valence-corrected chi connectivity index (χ4v) is 4.36. The molecule has 4 N–H and O–H groups in total. The van der Waals surface area contributed by atoms with E-state index in [9.17, 15) is 9.59 Å². The second-order valence-corrected chi connectivity index (χ2v) is 10.2. The molecule has 0 aromatic carbocycles. The lowest BCUT2D eigenvalue weighted by Crippen LogP contribution is -2.38. The lowest BCUT2D eigenvalue weighted by molar-refractivity contribution is -0.132. The van der Waals surface area contributed by atoms with Crippen LogP contribution in [-0.2, 0) is 14.3 Å². The zero-order chi connectivity index (χ0) is 30.4. The molecule has 0 aliphatic carbocycles. The number of rotatable bonds is 13. The number of anilines is 3. The van der Waals surface area contributed by atoms with Crippen molar-refractivity contribution in [1.29, 1.82) is 0 Å². The van der Waals surface area contributed by atoms with Crippen LogP contribution in [0.2, 0.25) is 0 Å². The minimum absolute atomic E-state index is 0.113. The highest BCUT2D eigenvalue weighted by atomic mass is 16.5. The summed E-state index contributed by atoms with van der Waals surface area (Å²) in [6.07, 6.45) is 6.09. The first-order chi connectivity index (χ1) is 19.6. The Balaban J connectivity index is 2.21. The molecular weight excluding hydrogens is 524 g/mol. The van der Waals surface area contributed by atoms with Crippen LogP contribution in [0.1, 0.15) is 59.2 Å². The van der Waals surface area contributed by atoms with Gasteiger partial charge in [-0.3, -0.25) is 4.79 Å². The van der Waals surface area contributed by atoms with Crippen LogP contribution >= 0.6 is 0 Å². The summed E-state index contributed by atoms with van der Waals surface area (Å²) in [6.45, 7) is 10.4. The number of hydrogen-bond donors (Lipinski definition) is 3. The zero-order valence-electron chi connectivity index (χ0n) is 25.7. The van der Waals surface area contributed by atoms with E-state index in [4.69, 9.17) is 15.2 Å². The van der Waals surface area contributed by atoms with Gasteiger partial charge in [0.1, 0.15) is 18.5 Å². The molecule has 228 valence electrons. The van der Waals surface area contributed by atoms with Gasteiger partial charge in [0.2, 0.25) is 11.7 Å². The molecule has 1 aromatic heterocycles. The predicted molar refractivity (Wildman–Crippen MR) is 162 cm³/mol. The van der Waals surface area contributed by atoms with Gasteiger partial charge in [-0.2, -0.15) is 0 Å². The Morgan fingerprint density at radius 3 is 2.56 bits per heavy atom. The smallest absolute Gasteiger partial charge is 0.409 e. The van der Waals surface area contributed by atoms with Crippen molar-refractivity contribution in [2.24, 2.45) is 5.92 Å². The van der Waals surface area contributed by atoms with E-state index in [1.807, 2.05) is 47.1 Å². The number of hydrogen-bond acceptors (Lipinski definition) is 10. The maximum Gasteiger partial charge on any atom is 0.409 e. The number of nitrogen functional groups attached to an aromatic ring is 1. The summed E-state index contributed by atoms with van der Waals surface area (Å²) in [5.41, 5.74) is 6.91. The van der Waals surface area contributed by atoms with E-state index in [1.54, 1.807) is 9.80 Å². The number of piperidine rings is 1. The van der Waals surface area contributed by atoms with Crippen LogP contribution in [0.4, 0.5) is 22.1 Å². The van der Waals surface area contributed by atoms with Crippen molar-refractivity contribution in [3.8, 4) is 11.8 Å². The Kier molecular flexibility index (Phi) is 14.0. The minimum atomic E-state index is -0.578. The molecule has 1 aliphatic rings. The molecule has 0 bridgehead atoms. The number of carbonyl (C=O) groups excluding carboxylic acids is 2. The number of likely N-dealkylation sites (tertiary alicyclic amines) is 1. The summed E-state index contributed by atoms with van der Waals surface area (Å²) in [7, 11) is 5.22. The highest BCUT2D eigenvalue weighted by Crippen LogP contribution is 2.27. The van der Waals surface area contributed by atoms with Crippen molar-refractivity contribution < 1.29 is 19.1 Å². The van der Waals surface area contributed by atoms with Crippen LogP contribution in [0.25, 0.3) is 0 Å². The average molecular weight is 573 g/mol. The molecule has 12 nitrogen and oxygen atoms in total. The molecule has 0 radical (unpaired) electrons. The number of methoxy groups -OCH3 is 1. The van der Waals surface area contributed by atoms with Gasteiger partial charge in [0.05, 0.1) is 7.11 Å². The largest absolute Gasteiger partial charge is 0.453 e. The third-order valence-corrected chi connectivity index (χ3v) is 7.05. The van der Waals surface area contributed by atoms with Crippen LogP contribution in [0.5, 0.6) is 0 Å². The van der Waals surface area contributed by atoms with Crippen molar-refractivity contribution in [2.75, 3.05) is 70.1 Å². The minimum Gasteiger partial charge on any atom is -0.453 e. The predicted octanol–water partition coefficient (Wildman–Crippen LogP) is 2.87. The van der Waals surface area contributed by atoms with Crippen LogP contribution in [0.15, 0.2) is 12.3 Å². The molecule has 2 heterocycles. The zero-order valence-corrected chi connectivity index (χ0v) is 25.7. The number of nitrogens with zero attached hydrogens (tertiary/aromatic N) is 5. The fraction of sp³-hybridized carbons (Fsp3) is 0.655. The number of aromatic nitrogens is 2. The highest BCUT2D eigenvalue weighted by molar-refractivity contribution is 5.80. The van der Waals surface area contributed by atoms with Gasteiger partial charge in [0.15, 0.2) is 11.6 Å². The first-order valence-corrected chi connectivity index (χ1v) is 14.3. The third kappa shape index (κ3) is 10.3. The summed E-state index contributed by atoms with van der Waals surface area (Å²) in [4.78, 5) is 38.9. The lowest BCUT2D eigenvalue weighted by Gasteiger charge is -2.29. The van der Waals surface area contributed by atoms with Gasteiger partial charge in [-0.05, 0) is 58.1 Å². The number of amides is 2. The SMILES string of the molecule is C/C=C\N(C)C(C)CNc1nc(C#CCC2CCN(C(=O)OC)CC2)nc(N(C)COC(CC)C(=O)NCC)c1N. The molecule has 41 heavy (non-hydrogen) atoms. The van der Waals surface area contributed by atoms with Crippen molar-refractivity contribution >= 4 is 29.3 Å². The normalized spacial score (nSPS) is 15.0. The molecule has 1 aliphatic heterocycles. The van der Waals surface area contributed by atoms with Gasteiger partial charge in [-0.15, -0.1) is 0 Å². The molecule has 2 amide bonds. The van der Waals surface area contributed by atoms with E-state index in [0.717, 1.165) is 12.8 Å². The average Bonchev–Trinajstić information content (AvgIpc) is 2.97. The van der Waals surface area contributed by atoms with E-state index in [0.29, 0.717) is 68.1 Å². The van der Waals surface area contributed by atoms with E-state index in [-0.39, 0.29) is 24.8 Å². The van der Waals surface area contributed by atoms with E-state index in [1.165, 1.54) is 7.11 Å². The Morgan fingerprint density at radius 1 is 1.24 bits per heavy atom. The van der Waals surface area contributed by atoms with Crippen molar-refractivity contribution in [1.82, 2.24) is 25.1 Å².